The third-order valence-corrected chi connectivity index (χ3v) is 7.05. The molecule has 0 bridgehead atoms. The highest BCUT2D eigenvalue weighted by Crippen LogP contribution is 2.29. The Labute approximate surface area is 184 Å². The molecule has 0 saturated heterocycles. The minimum atomic E-state index is -0.732. The van der Waals surface area contributed by atoms with Gasteiger partial charge in [0.15, 0.2) is 0 Å². The van der Waals surface area contributed by atoms with Crippen molar-refractivity contribution in [2.75, 3.05) is 34.0 Å². The molecular weight excluding hydrogens is 410 g/mol. The highest BCUT2D eigenvalue weighted by atomic mass is 33.1. The molecule has 0 aromatic rings. The first-order valence-electron chi connectivity index (χ1n) is 9.95. The Kier molecular flexibility index (Phi) is 12.8. The molecule has 0 spiro atoms. The van der Waals surface area contributed by atoms with Crippen LogP contribution >= 0.6 is 21.6 Å². The second kappa shape index (κ2) is 13.3. The smallest absolute Gasteiger partial charge is 0.410 e. The maximum absolute atomic E-state index is 13.0. The van der Waals surface area contributed by atoms with Gasteiger partial charge >= 0.3 is 6.09 Å². The van der Waals surface area contributed by atoms with E-state index < -0.39 is 18.2 Å². The number of nitrogens with zero attached hydrogens (tertiary/aromatic N) is 2. The molecule has 0 aliphatic rings. The van der Waals surface area contributed by atoms with Gasteiger partial charge in [-0.25, -0.2) is 4.79 Å². The topological polar surface area (TPSA) is 79.0 Å². The Bertz CT molecular complexity index is 542. The Morgan fingerprint density at radius 3 is 1.86 bits per heavy atom. The van der Waals surface area contributed by atoms with E-state index >= 15 is 0 Å². The van der Waals surface area contributed by atoms with Gasteiger partial charge in [-0.15, -0.1) is 0 Å². The zero-order valence-electron chi connectivity index (χ0n) is 19.5. The van der Waals surface area contributed by atoms with Crippen molar-refractivity contribution in [3.63, 3.8) is 0 Å². The Morgan fingerprint density at radius 1 is 0.931 bits per heavy atom. The first kappa shape index (κ1) is 27.9. The maximum atomic E-state index is 13.0. The van der Waals surface area contributed by atoms with Crippen molar-refractivity contribution < 1.29 is 19.1 Å². The number of rotatable bonds is 11. The Morgan fingerprint density at radius 2 is 1.48 bits per heavy atom. The van der Waals surface area contributed by atoms with Crippen LogP contribution < -0.4 is 5.32 Å². The van der Waals surface area contributed by atoms with Gasteiger partial charge in [-0.1, -0.05) is 63.1 Å². The van der Waals surface area contributed by atoms with Gasteiger partial charge in [-0.3, -0.25) is 14.5 Å². The fraction of sp³-hybridized carbons (Fsp3) is 0.850. The number of carbonyl (C=O) groups is 3. The minimum Gasteiger partial charge on any atom is -0.448 e. The summed E-state index contributed by atoms with van der Waals surface area (Å²) in [5.41, 5.74) is 0. The molecule has 29 heavy (non-hydrogen) atoms. The van der Waals surface area contributed by atoms with Crippen molar-refractivity contribution >= 4 is 39.5 Å². The van der Waals surface area contributed by atoms with Crippen LogP contribution in [0.5, 0.6) is 0 Å². The average Bonchev–Trinajstić information content (AvgIpc) is 2.61. The van der Waals surface area contributed by atoms with E-state index in [-0.39, 0.29) is 35.5 Å². The summed E-state index contributed by atoms with van der Waals surface area (Å²) in [7, 11) is 8.20. The van der Waals surface area contributed by atoms with Crippen molar-refractivity contribution in [1.82, 2.24) is 15.1 Å². The van der Waals surface area contributed by atoms with Gasteiger partial charge < -0.3 is 15.0 Å². The molecule has 0 aliphatic carbocycles. The van der Waals surface area contributed by atoms with E-state index in [2.05, 4.69) is 19.2 Å². The third kappa shape index (κ3) is 9.07. The average molecular weight is 450 g/mol. The molecule has 0 rings (SSSR count). The standard InChI is InChI=1S/C20H39N3O4S2/c1-12(2)15(29-28-10)11-27-20(26)23(9)17(14(5)6)18(24)21-16(13(3)4)19(25)22(7)8/h12-17H,11H2,1-10H3,(H,21,24)/t15-,16-,17-/m0/s1. The number of hydrogen-bond acceptors (Lipinski definition) is 6. The molecule has 0 aliphatic heterocycles. The van der Waals surface area contributed by atoms with Crippen LogP contribution in [-0.4, -0.2) is 79.0 Å². The summed E-state index contributed by atoms with van der Waals surface area (Å²) in [5, 5.41) is 3.01. The summed E-state index contributed by atoms with van der Waals surface area (Å²) in [5.74, 6) is -0.383. The molecule has 0 saturated carbocycles. The van der Waals surface area contributed by atoms with Crippen LogP contribution in [0.15, 0.2) is 0 Å². The summed E-state index contributed by atoms with van der Waals surface area (Å²) in [6.45, 7) is 12.0. The Balaban J connectivity index is 5.24. The summed E-state index contributed by atoms with van der Waals surface area (Å²) < 4.78 is 5.50. The molecule has 7 nitrogen and oxygen atoms in total. The van der Waals surface area contributed by atoms with Crippen LogP contribution in [0.25, 0.3) is 0 Å². The SMILES string of the molecule is CSS[C@@H](COC(=O)N(C)[C@H](C(=O)N[C@H](C(=O)N(C)C)C(C)C)C(C)C)C(C)C. The second-order valence-electron chi connectivity index (χ2n) is 8.38. The monoisotopic (exact) mass is 449 g/mol. The molecular formula is C20H39N3O4S2. The fourth-order valence-electron chi connectivity index (χ4n) is 2.78. The largest absolute Gasteiger partial charge is 0.448 e. The van der Waals surface area contributed by atoms with E-state index in [0.29, 0.717) is 5.92 Å². The van der Waals surface area contributed by atoms with Gasteiger partial charge in [0, 0.05) is 21.1 Å². The quantitative estimate of drug-likeness (QED) is 0.487. The maximum Gasteiger partial charge on any atom is 0.410 e. The van der Waals surface area contributed by atoms with Gasteiger partial charge in [0.2, 0.25) is 11.8 Å². The first-order chi connectivity index (χ1) is 13.3. The lowest BCUT2D eigenvalue weighted by Gasteiger charge is -2.32. The molecule has 0 heterocycles. The number of hydrogen-bond donors (Lipinski definition) is 1. The molecule has 9 heteroatoms. The second-order valence-corrected chi connectivity index (χ2v) is 11.1. The van der Waals surface area contributed by atoms with Crippen molar-refractivity contribution in [2.24, 2.45) is 17.8 Å². The van der Waals surface area contributed by atoms with E-state index in [4.69, 9.17) is 4.74 Å². The third-order valence-electron chi connectivity index (χ3n) is 4.61. The van der Waals surface area contributed by atoms with Crippen LogP contribution in [-0.2, 0) is 14.3 Å². The van der Waals surface area contributed by atoms with E-state index in [1.807, 2.05) is 34.0 Å². The lowest BCUT2D eigenvalue weighted by atomic mass is 9.99. The normalized spacial score (nSPS) is 14.5. The predicted molar refractivity (Wildman–Crippen MR) is 123 cm³/mol. The number of nitrogens with one attached hydrogen (secondary N) is 1. The molecule has 0 fully saturated rings. The van der Waals surface area contributed by atoms with Gasteiger partial charge in [-0.05, 0) is 24.0 Å². The van der Waals surface area contributed by atoms with E-state index in [9.17, 15) is 14.4 Å². The molecule has 0 aromatic heterocycles. The number of likely N-dealkylation sites (N-methyl/N-ethyl adjacent to an activating group) is 2. The zero-order chi connectivity index (χ0) is 22.9. The van der Waals surface area contributed by atoms with Gasteiger partial charge in [-0.2, -0.15) is 0 Å². The van der Waals surface area contributed by atoms with Gasteiger partial charge in [0.05, 0.1) is 5.25 Å². The molecule has 3 atom stereocenters. The lowest BCUT2D eigenvalue weighted by Crippen LogP contribution is -2.57. The van der Waals surface area contributed by atoms with Crippen molar-refractivity contribution in [1.29, 1.82) is 0 Å². The van der Waals surface area contributed by atoms with Crippen LogP contribution in [0.1, 0.15) is 41.5 Å². The summed E-state index contributed by atoms with van der Waals surface area (Å²) in [6, 6.07) is -1.38. The summed E-state index contributed by atoms with van der Waals surface area (Å²) in [4.78, 5) is 40.8. The number of ether oxygens (including phenoxy) is 1. The van der Waals surface area contributed by atoms with E-state index in [0.717, 1.165) is 0 Å². The first-order valence-corrected chi connectivity index (χ1v) is 12.6. The Hall–Kier alpha value is -1.09. The highest BCUT2D eigenvalue weighted by molar-refractivity contribution is 8.76. The number of amides is 3. The summed E-state index contributed by atoms with van der Waals surface area (Å²) in [6.07, 6.45) is 1.46. The molecule has 0 radical (unpaired) electrons. The molecule has 0 aromatic carbocycles. The molecule has 1 N–H and O–H groups in total. The molecule has 170 valence electrons. The predicted octanol–water partition coefficient (Wildman–Crippen LogP) is 3.34. The van der Waals surface area contributed by atoms with Crippen LogP contribution in [0.4, 0.5) is 4.79 Å². The van der Waals surface area contributed by atoms with Crippen LogP contribution in [0.3, 0.4) is 0 Å². The fourth-order valence-corrected chi connectivity index (χ4v) is 4.95. The van der Waals surface area contributed by atoms with Gasteiger partial charge in [0.25, 0.3) is 0 Å². The van der Waals surface area contributed by atoms with Crippen molar-refractivity contribution in [3.05, 3.63) is 0 Å². The summed E-state index contributed by atoms with van der Waals surface area (Å²) >= 11 is 0. The van der Waals surface area contributed by atoms with E-state index in [1.165, 1.54) is 9.80 Å². The lowest BCUT2D eigenvalue weighted by molar-refractivity contribution is -0.137. The number of carbonyl (C=O) groups excluding carboxylic acids is 3. The van der Waals surface area contributed by atoms with Gasteiger partial charge in [0.1, 0.15) is 18.7 Å². The van der Waals surface area contributed by atoms with Crippen LogP contribution in [0, 0.1) is 17.8 Å². The van der Waals surface area contributed by atoms with Crippen molar-refractivity contribution in [2.45, 2.75) is 58.9 Å². The zero-order valence-corrected chi connectivity index (χ0v) is 21.1. The van der Waals surface area contributed by atoms with Crippen molar-refractivity contribution in [3.8, 4) is 0 Å². The van der Waals surface area contributed by atoms with E-state index in [1.54, 1.807) is 42.7 Å². The molecule has 3 amide bonds. The highest BCUT2D eigenvalue weighted by Gasteiger charge is 2.35. The molecule has 0 unspecified atom stereocenters. The van der Waals surface area contributed by atoms with Crippen LogP contribution in [0.2, 0.25) is 0 Å². The minimum absolute atomic E-state index is 0.0747.